The summed E-state index contributed by atoms with van der Waals surface area (Å²) in [6.45, 7) is 2.12. The fourth-order valence-electron chi connectivity index (χ4n) is 2.23. The van der Waals surface area contributed by atoms with Gasteiger partial charge in [0.2, 0.25) is 5.95 Å². The van der Waals surface area contributed by atoms with Gasteiger partial charge in [0.15, 0.2) is 5.69 Å². The molecule has 3 N–H and O–H groups in total. The minimum atomic E-state index is -4.50. The molecule has 2 rings (SSSR count). The van der Waals surface area contributed by atoms with Crippen molar-refractivity contribution in [3.63, 3.8) is 0 Å². The SMILES string of the molecule is CC1CCC(Nc2cc(C(F)(F)F)nc(N)n2)C1. The molecule has 1 saturated carbocycles. The van der Waals surface area contributed by atoms with Gasteiger partial charge in [-0.3, -0.25) is 0 Å². The van der Waals surface area contributed by atoms with Crippen LogP contribution in [-0.2, 0) is 6.18 Å². The number of anilines is 2. The number of nitrogens with zero attached hydrogens (tertiary/aromatic N) is 2. The molecule has 1 aromatic heterocycles. The van der Waals surface area contributed by atoms with Gasteiger partial charge in [0.1, 0.15) is 5.82 Å². The number of hydrogen-bond donors (Lipinski definition) is 2. The van der Waals surface area contributed by atoms with Crippen LogP contribution in [0.25, 0.3) is 0 Å². The second kappa shape index (κ2) is 4.62. The van der Waals surface area contributed by atoms with Crippen LogP contribution in [0.15, 0.2) is 6.07 Å². The number of aromatic nitrogens is 2. The summed E-state index contributed by atoms with van der Waals surface area (Å²) in [5.41, 5.74) is 4.28. The van der Waals surface area contributed by atoms with Crippen molar-refractivity contribution in [1.29, 1.82) is 0 Å². The van der Waals surface area contributed by atoms with Gasteiger partial charge in [-0.05, 0) is 25.2 Å². The molecule has 0 radical (unpaired) electrons. The summed E-state index contributed by atoms with van der Waals surface area (Å²) in [4.78, 5) is 6.99. The van der Waals surface area contributed by atoms with Crippen molar-refractivity contribution in [2.24, 2.45) is 5.92 Å². The van der Waals surface area contributed by atoms with E-state index in [1.54, 1.807) is 0 Å². The Hall–Kier alpha value is -1.53. The summed E-state index contributed by atoms with van der Waals surface area (Å²) < 4.78 is 37.6. The molecule has 7 heteroatoms. The molecular weight excluding hydrogens is 245 g/mol. The maximum absolute atomic E-state index is 12.5. The molecule has 1 aliphatic rings. The van der Waals surface area contributed by atoms with Gasteiger partial charge in [0, 0.05) is 12.1 Å². The molecule has 0 spiro atoms. The monoisotopic (exact) mass is 260 g/mol. The zero-order valence-corrected chi connectivity index (χ0v) is 9.96. The van der Waals surface area contributed by atoms with Crippen LogP contribution < -0.4 is 11.1 Å². The highest BCUT2D eigenvalue weighted by atomic mass is 19.4. The van der Waals surface area contributed by atoms with Crippen LogP contribution in [0.3, 0.4) is 0 Å². The van der Waals surface area contributed by atoms with Crippen LogP contribution >= 0.6 is 0 Å². The minimum absolute atomic E-state index is 0.147. The molecule has 1 aromatic rings. The molecule has 1 aliphatic carbocycles. The molecular formula is C11H15F3N4. The number of rotatable bonds is 2. The van der Waals surface area contributed by atoms with Crippen LogP contribution in [0.1, 0.15) is 31.9 Å². The fourth-order valence-corrected chi connectivity index (χ4v) is 2.23. The highest BCUT2D eigenvalue weighted by Crippen LogP contribution is 2.31. The number of nitrogen functional groups attached to an aromatic ring is 1. The second-order valence-corrected chi connectivity index (χ2v) is 4.75. The summed E-state index contributed by atoms with van der Waals surface area (Å²) in [6.07, 6.45) is -1.56. The lowest BCUT2D eigenvalue weighted by Gasteiger charge is -2.15. The molecule has 2 unspecified atom stereocenters. The summed E-state index contributed by atoms with van der Waals surface area (Å²) in [5, 5.41) is 2.99. The van der Waals surface area contributed by atoms with E-state index in [0.717, 1.165) is 25.3 Å². The number of hydrogen-bond acceptors (Lipinski definition) is 4. The zero-order chi connectivity index (χ0) is 13.3. The van der Waals surface area contributed by atoms with Crippen molar-refractivity contribution in [2.45, 2.75) is 38.4 Å². The Morgan fingerprint density at radius 2 is 2.06 bits per heavy atom. The first kappa shape index (κ1) is 12.9. The van der Waals surface area contributed by atoms with E-state index in [2.05, 4.69) is 22.2 Å². The van der Waals surface area contributed by atoms with Crippen molar-refractivity contribution < 1.29 is 13.2 Å². The lowest BCUT2D eigenvalue weighted by molar-refractivity contribution is -0.141. The average Bonchev–Trinajstić information content (AvgIpc) is 2.61. The smallest absolute Gasteiger partial charge is 0.368 e. The predicted molar refractivity (Wildman–Crippen MR) is 61.9 cm³/mol. The van der Waals surface area contributed by atoms with Gasteiger partial charge >= 0.3 is 6.18 Å². The maximum atomic E-state index is 12.5. The van der Waals surface area contributed by atoms with Crippen molar-refractivity contribution in [2.75, 3.05) is 11.1 Å². The van der Waals surface area contributed by atoms with Crippen molar-refractivity contribution >= 4 is 11.8 Å². The van der Waals surface area contributed by atoms with E-state index >= 15 is 0 Å². The standard InChI is InChI=1S/C11H15F3N4/c1-6-2-3-7(4-6)16-9-5-8(11(12,13)14)17-10(15)18-9/h5-7H,2-4H2,1H3,(H3,15,16,17,18). The molecule has 1 heterocycles. The first-order chi connectivity index (χ1) is 8.34. The minimum Gasteiger partial charge on any atom is -0.368 e. The molecule has 0 amide bonds. The van der Waals surface area contributed by atoms with E-state index in [0.29, 0.717) is 5.92 Å². The van der Waals surface area contributed by atoms with Crippen LogP contribution in [-0.4, -0.2) is 16.0 Å². The van der Waals surface area contributed by atoms with Gasteiger partial charge in [0.25, 0.3) is 0 Å². The predicted octanol–water partition coefficient (Wildman–Crippen LogP) is 2.68. The molecule has 0 saturated heterocycles. The summed E-state index contributed by atoms with van der Waals surface area (Å²) in [6, 6.07) is 1.06. The molecule has 0 bridgehead atoms. The third-order valence-corrected chi connectivity index (χ3v) is 3.08. The van der Waals surface area contributed by atoms with E-state index in [4.69, 9.17) is 5.73 Å². The fraction of sp³-hybridized carbons (Fsp3) is 0.636. The Balaban J connectivity index is 2.15. The highest BCUT2D eigenvalue weighted by Gasteiger charge is 2.34. The summed E-state index contributed by atoms with van der Waals surface area (Å²) >= 11 is 0. The lowest BCUT2D eigenvalue weighted by Crippen LogP contribution is -2.19. The van der Waals surface area contributed by atoms with Gasteiger partial charge in [-0.2, -0.15) is 18.2 Å². The van der Waals surface area contributed by atoms with Gasteiger partial charge in [-0.25, -0.2) is 4.98 Å². The van der Waals surface area contributed by atoms with E-state index in [1.807, 2.05) is 0 Å². The zero-order valence-electron chi connectivity index (χ0n) is 9.96. The normalized spacial score (nSPS) is 24.2. The molecule has 18 heavy (non-hydrogen) atoms. The van der Waals surface area contributed by atoms with Crippen LogP contribution in [0, 0.1) is 5.92 Å². The van der Waals surface area contributed by atoms with Crippen LogP contribution in [0.2, 0.25) is 0 Å². The topological polar surface area (TPSA) is 63.8 Å². The van der Waals surface area contributed by atoms with E-state index in [1.165, 1.54) is 0 Å². The second-order valence-electron chi connectivity index (χ2n) is 4.75. The third kappa shape index (κ3) is 3.02. The van der Waals surface area contributed by atoms with Gasteiger partial charge < -0.3 is 11.1 Å². The van der Waals surface area contributed by atoms with Gasteiger partial charge in [0.05, 0.1) is 0 Å². The molecule has 1 fully saturated rings. The molecule has 0 aromatic carbocycles. The maximum Gasteiger partial charge on any atom is 0.433 e. The lowest BCUT2D eigenvalue weighted by atomic mass is 10.1. The van der Waals surface area contributed by atoms with Crippen molar-refractivity contribution in [1.82, 2.24) is 9.97 Å². The first-order valence-corrected chi connectivity index (χ1v) is 5.83. The Kier molecular flexibility index (Phi) is 3.32. The molecule has 2 atom stereocenters. The van der Waals surface area contributed by atoms with Gasteiger partial charge in [-0.15, -0.1) is 0 Å². The van der Waals surface area contributed by atoms with Crippen molar-refractivity contribution in [3.8, 4) is 0 Å². The number of nitrogens with two attached hydrogens (primary N) is 1. The number of alkyl halides is 3. The van der Waals surface area contributed by atoms with E-state index in [-0.39, 0.29) is 17.8 Å². The molecule has 0 aliphatic heterocycles. The third-order valence-electron chi connectivity index (χ3n) is 3.08. The Morgan fingerprint density at radius 3 is 2.61 bits per heavy atom. The largest absolute Gasteiger partial charge is 0.433 e. The van der Waals surface area contributed by atoms with Crippen molar-refractivity contribution in [3.05, 3.63) is 11.8 Å². The Labute approximate surface area is 103 Å². The summed E-state index contributed by atoms with van der Waals surface area (Å²) in [7, 11) is 0. The van der Waals surface area contributed by atoms with E-state index < -0.39 is 11.9 Å². The quantitative estimate of drug-likeness (QED) is 0.858. The Bertz CT molecular complexity index is 433. The number of nitrogens with one attached hydrogen (secondary N) is 1. The summed E-state index contributed by atoms with van der Waals surface area (Å²) in [5.74, 6) is 0.371. The average molecular weight is 260 g/mol. The van der Waals surface area contributed by atoms with E-state index in [9.17, 15) is 13.2 Å². The van der Waals surface area contributed by atoms with Crippen LogP contribution in [0.5, 0.6) is 0 Å². The Morgan fingerprint density at radius 1 is 1.33 bits per heavy atom. The van der Waals surface area contributed by atoms with Crippen LogP contribution in [0.4, 0.5) is 24.9 Å². The first-order valence-electron chi connectivity index (χ1n) is 5.83. The van der Waals surface area contributed by atoms with Gasteiger partial charge in [-0.1, -0.05) is 6.92 Å². The highest BCUT2D eigenvalue weighted by molar-refractivity contribution is 5.42. The number of halogens is 3. The molecule has 100 valence electrons. The molecule has 4 nitrogen and oxygen atoms in total.